The molecule has 0 amide bonds. The largest absolute Gasteiger partial charge is 0.437 e. The summed E-state index contributed by atoms with van der Waals surface area (Å²) < 4.78 is 5.90. The smallest absolute Gasteiger partial charge is 0.227 e. The van der Waals surface area contributed by atoms with Crippen molar-refractivity contribution in [2.24, 2.45) is 5.92 Å². The van der Waals surface area contributed by atoms with E-state index in [4.69, 9.17) is 4.74 Å². The lowest BCUT2D eigenvalue weighted by Gasteiger charge is -2.36. The van der Waals surface area contributed by atoms with E-state index in [2.05, 4.69) is 15.0 Å². The first-order valence-corrected chi connectivity index (χ1v) is 8.05. The summed E-state index contributed by atoms with van der Waals surface area (Å²) in [6.45, 7) is 4.95. The molecule has 1 saturated heterocycles. The quantitative estimate of drug-likeness (QED) is 0.877. The summed E-state index contributed by atoms with van der Waals surface area (Å²) in [5.74, 6) is 1.81. The van der Waals surface area contributed by atoms with Gasteiger partial charge in [-0.3, -0.25) is 4.98 Å². The molecule has 2 aromatic heterocycles. The zero-order chi connectivity index (χ0) is 17.1. The third kappa shape index (κ3) is 3.32. The lowest BCUT2D eigenvalue weighted by Crippen LogP contribution is -2.45. The van der Waals surface area contributed by atoms with Crippen LogP contribution in [0.5, 0.6) is 11.6 Å². The highest BCUT2D eigenvalue weighted by atomic mass is 16.5. The van der Waals surface area contributed by atoms with E-state index >= 15 is 0 Å². The van der Waals surface area contributed by atoms with Gasteiger partial charge in [0.15, 0.2) is 5.75 Å². The van der Waals surface area contributed by atoms with Crippen molar-refractivity contribution in [1.82, 2.24) is 15.0 Å². The van der Waals surface area contributed by atoms with Crippen LogP contribution in [0.15, 0.2) is 24.7 Å². The van der Waals surface area contributed by atoms with Crippen molar-refractivity contribution in [1.29, 1.82) is 0 Å². The van der Waals surface area contributed by atoms with Gasteiger partial charge in [0.1, 0.15) is 12.1 Å². The van der Waals surface area contributed by atoms with E-state index < -0.39 is 6.10 Å². The van der Waals surface area contributed by atoms with Gasteiger partial charge in [0, 0.05) is 31.8 Å². The lowest BCUT2D eigenvalue weighted by molar-refractivity contribution is 0.0545. The molecule has 0 bridgehead atoms. The molecule has 24 heavy (non-hydrogen) atoms. The molecule has 1 aliphatic heterocycles. The van der Waals surface area contributed by atoms with Gasteiger partial charge in [-0.05, 0) is 32.4 Å². The molecule has 0 unspecified atom stereocenters. The van der Waals surface area contributed by atoms with Gasteiger partial charge < -0.3 is 19.8 Å². The van der Waals surface area contributed by atoms with E-state index in [0.29, 0.717) is 18.2 Å². The van der Waals surface area contributed by atoms with Gasteiger partial charge in [0.05, 0.1) is 17.4 Å². The minimum absolute atomic E-state index is 0.00636. The first kappa shape index (κ1) is 16.6. The fraction of sp³-hybridized carbons (Fsp3) is 0.471. The number of piperidine rings is 1. The normalized spacial score (nSPS) is 20.9. The highest BCUT2D eigenvalue weighted by Crippen LogP contribution is 2.31. The number of aromatic nitrogens is 3. The molecule has 7 nitrogen and oxygen atoms in total. The van der Waals surface area contributed by atoms with Crippen molar-refractivity contribution in [3.05, 3.63) is 35.9 Å². The molecular weight excluding hydrogens is 308 g/mol. The van der Waals surface area contributed by atoms with Crippen LogP contribution in [0.3, 0.4) is 0 Å². The Morgan fingerprint density at radius 1 is 1.29 bits per heavy atom. The molecule has 0 aromatic carbocycles. The Hall–Kier alpha value is -2.25. The van der Waals surface area contributed by atoms with Crippen LogP contribution in [0.1, 0.15) is 17.7 Å². The number of anilines is 1. The summed E-state index contributed by atoms with van der Waals surface area (Å²) in [7, 11) is 0. The average molecular weight is 330 g/mol. The fourth-order valence-corrected chi connectivity index (χ4v) is 2.91. The van der Waals surface area contributed by atoms with E-state index in [1.54, 1.807) is 6.20 Å². The summed E-state index contributed by atoms with van der Waals surface area (Å²) in [5, 5.41) is 19.4. The lowest BCUT2D eigenvalue weighted by atomic mass is 9.94. The number of rotatable bonds is 4. The molecule has 3 heterocycles. The maximum atomic E-state index is 10.1. The first-order valence-electron chi connectivity index (χ1n) is 8.05. The number of aliphatic hydroxyl groups excluding tert-OH is 2. The number of ether oxygens (including phenoxy) is 1. The molecule has 3 rings (SSSR count). The van der Waals surface area contributed by atoms with Gasteiger partial charge in [0.2, 0.25) is 5.88 Å². The zero-order valence-electron chi connectivity index (χ0n) is 13.9. The van der Waals surface area contributed by atoms with Crippen LogP contribution in [0.25, 0.3) is 0 Å². The number of β-amino-alcohol motifs (C(OH)–C–C–N with tert-alkyl or cyclic N) is 1. The SMILES string of the molecule is Cc1ncccc1Oc1ncnc(N2CC[C@H](CO)[C@@H](O)C2)c1C. The van der Waals surface area contributed by atoms with Crippen molar-refractivity contribution >= 4 is 5.82 Å². The van der Waals surface area contributed by atoms with Crippen LogP contribution in [0.4, 0.5) is 5.82 Å². The topological polar surface area (TPSA) is 91.6 Å². The summed E-state index contributed by atoms with van der Waals surface area (Å²) in [5.41, 5.74) is 1.60. The Morgan fingerprint density at radius 3 is 2.83 bits per heavy atom. The molecule has 2 atom stereocenters. The zero-order valence-corrected chi connectivity index (χ0v) is 13.9. The van der Waals surface area contributed by atoms with Crippen molar-refractivity contribution in [2.45, 2.75) is 26.4 Å². The van der Waals surface area contributed by atoms with Crippen molar-refractivity contribution < 1.29 is 14.9 Å². The van der Waals surface area contributed by atoms with Crippen molar-refractivity contribution in [3.8, 4) is 11.6 Å². The highest BCUT2D eigenvalue weighted by molar-refractivity contribution is 5.51. The molecule has 0 spiro atoms. The first-order chi connectivity index (χ1) is 11.6. The maximum Gasteiger partial charge on any atom is 0.227 e. The number of nitrogens with zero attached hydrogens (tertiary/aromatic N) is 4. The second-order valence-corrected chi connectivity index (χ2v) is 6.06. The molecule has 1 aliphatic rings. The Labute approximate surface area is 141 Å². The Kier molecular flexibility index (Phi) is 4.92. The Balaban J connectivity index is 1.83. The van der Waals surface area contributed by atoms with Crippen LogP contribution in [-0.4, -0.2) is 51.0 Å². The third-order valence-electron chi connectivity index (χ3n) is 4.43. The monoisotopic (exact) mass is 330 g/mol. The second kappa shape index (κ2) is 7.11. The predicted molar refractivity (Wildman–Crippen MR) is 89.2 cm³/mol. The third-order valence-corrected chi connectivity index (χ3v) is 4.43. The number of hydrogen-bond donors (Lipinski definition) is 2. The minimum atomic E-state index is -0.567. The molecular formula is C17H22N4O3. The van der Waals surface area contributed by atoms with E-state index in [0.717, 1.165) is 30.0 Å². The number of aryl methyl sites for hydroxylation is 1. The Morgan fingerprint density at radius 2 is 2.12 bits per heavy atom. The number of aliphatic hydroxyl groups is 2. The van der Waals surface area contributed by atoms with Gasteiger partial charge in [-0.15, -0.1) is 0 Å². The summed E-state index contributed by atoms with van der Waals surface area (Å²) in [6.07, 6.45) is 3.34. The van der Waals surface area contributed by atoms with Gasteiger partial charge in [-0.1, -0.05) is 0 Å². The molecule has 0 saturated carbocycles. The van der Waals surface area contributed by atoms with E-state index in [-0.39, 0.29) is 12.5 Å². The Bertz CT molecular complexity index is 710. The van der Waals surface area contributed by atoms with Gasteiger partial charge in [-0.2, -0.15) is 0 Å². The molecule has 7 heteroatoms. The standard InChI is InChI=1S/C17H22N4O3/c1-11-16(21-7-5-13(9-22)14(23)8-21)19-10-20-17(11)24-15-4-3-6-18-12(15)2/h3-4,6,10,13-14,22-23H,5,7-9H2,1-2H3/t13-,14+/m1/s1. The molecule has 1 fully saturated rings. The number of hydrogen-bond acceptors (Lipinski definition) is 7. The maximum absolute atomic E-state index is 10.1. The van der Waals surface area contributed by atoms with Crippen molar-refractivity contribution in [3.63, 3.8) is 0 Å². The van der Waals surface area contributed by atoms with E-state index in [1.165, 1.54) is 6.33 Å². The number of pyridine rings is 1. The van der Waals surface area contributed by atoms with Gasteiger partial charge in [-0.25, -0.2) is 9.97 Å². The molecule has 2 aromatic rings. The average Bonchev–Trinajstić information content (AvgIpc) is 2.58. The molecule has 0 radical (unpaired) electrons. The molecule has 0 aliphatic carbocycles. The predicted octanol–water partition coefficient (Wildman–Crippen LogP) is 1.46. The fourth-order valence-electron chi connectivity index (χ4n) is 2.91. The minimum Gasteiger partial charge on any atom is -0.437 e. The summed E-state index contributed by atoms with van der Waals surface area (Å²) in [6, 6.07) is 3.66. The van der Waals surface area contributed by atoms with E-state index in [1.807, 2.05) is 30.9 Å². The van der Waals surface area contributed by atoms with Crippen LogP contribution in [-0.2, 0) is 0 Å². The van der Waals surface area contributed by atoms with Gasteiger partial charge in [0.25, 0.3) is 0 Å². The van der Waals surface area contributed by atoms with Crippen LogP contribution in [0.2, 0.25) is 0 Å². The molecule has 2 N–H and O–H groups in total. The van der Waals surface area contributed by atoms with Crippen molar-refractivity contribution in [2.75, 3.05) is 24.6 Å². The van der Waals surface area contributed by atoms with Crippen LogP contribution in [0, 0.1) is 19.8 Å². The highest BCUT2D eigenvalue weighted by Gasteiger charge is 2.29. The second-order valence-electron chi connectivity index (χ2n) is 6.06. The van der Waals surface area contributed by atoms with E-state index in [9.17, 15) is 10.2 Å². The summed E-state index contributed by atoms with van der Waals surface area (Å²) in [4.78, 5) is 14.8. The van der Waals surface area contributed by atoms with Crippen LogP contribution >= 0.6 is 0 Å². The van der Waals surface area contributed by atoms with Crippen LogP contribution < -0.4 is 9.64 Å². The molecule has 128 valence electrons. The summed E-state index contributed by atoms with van der Waals surface area (Å²) >= 11 is 0. The van der Waals surface area contributed by atoms with Gasteiger partial charge >= 0.3 is 0 Å².